The lowest BCUT2D eigenvalue weighted by Gasteiger charge is -2.06. The molecule has 0 amide bonds. The summed E-state index contributed by atoms with van der Waals surface area (Å²) in [6.45, 7) is 5.76. The molecule has 4 heteroatoms. The number of halogens is 1. The normalized spacial score (nSPS) is 10.5. The first kappa shape index (κ1) is 13.3. The highest BCUT2D eigenvalue weighted by Gasteiger charge is 2.19. The molecule has 1 aromatic heterocycles. The van der Waals surface area contributed by atoms with Gasteiger partial charge in [-0.2, -0.15) is 10.4 Å². The lowest BCUT2D eigenvalue weighted by Crippen LogP contribution is -1.94. The molecule has 0 atom stereocenters. The molecular weight excluding hydrogens is 241 g/mol. The van der Waals surface area contributed by atoms with Gasteiger partial charge in [-0.1, -0.05) is 6.92 Å². The van der Waals surface area contributed by atoms with E-state index in [1.807, 2.05) is 20.8 Å². The summed E-state index contributed by atoms with van der Waals surface area (Å²) in [4.78, 5) is 0. The molecule has 0 unspecified atom stereocenters. The molecule has 0 spiro atoms. The Labute approximate surface area is 112 Å². The van der Waals surface area contributed by atoms with Crippen LogP contribution in [0.15, 0.2) is 12.1 Å². The molecule has 19 heavy (non-hydrogen) atoms. The van der Waals surface area contributed by atoms with E-state index in [0.29, 0.717) is 23.4 Å². The van der Waals surface area contributed by atoms with E-state index >= 15 is 0 Å². The fourth-order valence-corrected chi connectivity index (χ4v) is 2.22. The van der Waals surface area contributed by atoms with E-state index < -0.39 is 0 Å². The SMILES string of the molecule is CCc1c(-c2cc(C)c(C)cc2F)nn(C)c1C#N. The number of hydrogen-bond donors (Lipinski definition) is 0. The summed E-state index contributed by atoms with van der Waals surface area (Å²) in [5.41, 5.74) is 4.26. The zero-order chi connectivity index (χ0) is 14.2. The van der Waals surface area contributed by atoms with Gasteiger partial charge in [-0.05, 0) is 43.5 Å². The van der Waals surface area contributed by atoms with E-state index in [9.17, 15) is 4.39 Å². The van der Waals surface area contributed by atoms with Crippen molar-refractivity contribution in [3.05, 3.63) is 40.3 Å². The van der Waals surface area contributed by atoms with Crippen LogP contribution in [0.4, 0.5) is 4.39 Å². The summed E-state index contributed by atoms with van der Waals surface area (Å²) in [6, 6.07) is 5.45. The van der Waals surface area contributed by atoms with Crippen molar-refractivity contribution in [3.63, 3.8) is 0 Å². The zero-order valence-electron chi connectivity index (χ0n) is 11.6. The minimum Gasteiger partial charge on any atom is -0.257 e. The van der Waals surface area contributed by atoms with Gasteiger partial charge in [0.2, 0.25) is 0 Å². The Morgan fingerprint density at radius 3 is 2.53 bits per heavy atom. The Morgan fingerprint density at radius 1 is 1.32 bits per heavy atom. The van der Waals surface area contributed by atoms with E-state index in [0.717, 1.165) is 16.7 Å². The Balaban J connectivity index is 2.73. The van der Waals surface area contributed by atoms with Gasteiger partial charge >= 0.3 is 0 Å². The van der Waals surface area contributed by atoms with Gasteiger partial charge in [0.25, 0.3) is 0 Å². The Kier molecular flexibility index (Phi) is 3.39. The summed E-state index contributed by atoms with van der Waals surface area (Å²) >= 11 is 0. The summed E-state index contributed by atoms with van der Waals surface area (Å²) < 4.78 is 15.7. The van der Waals surface area contributed by atoms with Gasteiger partial charge in [0, 0.05) is 18.2 Å². The zero-order valence-corrected chi connectivity index (χ0v) is 11.6. The van der Waals surface area contributed by atoms with Gasteiger partial charge in [0.05, 0.1) is 5.69 Å². The van der Waals surface area contributed by atoms with E-state index in [1.165, 1.54) is 10.7 Å². The first-order chi connectivity index (χ1) is 8.99. The van der Waals surface area contributed by atoms with Gasteiger partial charge in [0.15, 0.2) is 0 Å². The molecule has 0 fully saturated rings. The van der Waals surface area contributed by atoms with Gasteiger partial charge in [-0.15, -0.1) is 0 Å². The van der Waals surface area contributed by atoms with Crippen molar-refractivity contribution >= 4 is 0 Å². The van der Waals surface area contributed by atoms with Crippen molar-refractivity contribution in [2.75, 3.05) is 0 Å². The molecule has 0 N–H and O–H groups in total. The molecule has 3 nitrogen and oxygen atoms in total. The van der Waals surface area contributed by atoms with E-state index in [-0.39, 0.29) is 5.82 Å². The van der Waals surface area contributed by atoms with Gasteiger partial charge < -0.3 is 0 Å². The fourth-order valence-electron chi connectivity index (χ4n) is 2.22. The topological polar surface area (TPSA) is 41.6 Å². The van der Waals surface area contributed by atoms with E-state index in [2.05, 4.69) is 11.2 Å². The second-order valence-electron chi connectivity index (χ2n) is 4.68. The molecule has 0 saturated carbocycles. The maximum atomic E-state index is 14.1. The predicted octanol–water partition coefficient (Wildman–Crippen LogP) is 3.28. The smallest absolute Gasteiger partial charge is 0.141 e. The highest BCUT2D eigenvalue weighted by atomic mass is 19.1. The highest BCUT2D eigenvalue weighted by molar-refractivity contribution is 5.67. The van der Waals surface area contributed by atoms with Crippen LogP contribution < -0.4 is 0 Å². The minimum atomic E-state index is -0.291. The molecule has 0 aliphatic heterocycles. The van der Waals surface area contributed by atoms with Crippen molar-refractivity contribution in [2.24, 2.45) is 7.05 Å². The van der Waals surface area contributed by atoms with Crippen molar-refractivity contribution < 1.29 is 4.39 Å². The molecule has 1 heterocycles. The fraction of sp³-hybridized carbons (Fsp3) is 0.333. The average Bonchev–Trinajstić information content (AvgIpc) is 2.69. The summed E-state index contributed by atoms with van der Waals surface area (Å²) in [7, 11) is 1.71. The third-order valence-electron chi connectivity index (χ3n) is 3.44. The third-order valence-corrected chi connectivity index (χ3v) is 3.44. The second kappa shape index (κ2) is 4.85. The number of aromatic nitrogens is 2. The molecule has 2 aromatic rings. The number of hydrogen-bond acceptors (Lipinski definition) is 2. The van der Waals surface area contributed by atoms with Crippen molar-refractivity contribution in [2.45, 2.75) is 27.2 Å². The Hall–Kier alpha value is -2.15. The molecule has 2 rings (SSSR count). The number of nitrogens with zero attached hydrogens (tertiary/aromatic N) is 3. The van der Waals surface area contributed by atoms with Gasteiger partial charge in [-0.3, -0.25) is 4.68 Å². The van der Waals surface area contributed by atoms with Crippen molar-refractivity contribution in [1.82, 2.24) is 9.78 Å². The molecule has 0 bridgehead atoms. The lowest BCUT2D eigenvalue weighted by molar-refractivity contribution is 0.628. The Morgan fingerprint density at radius 2 is 1.95 bits per heavy atom. The van der Waals surface area contributed by atoms with Crippen LogP contribution in [0.5, 0.6) is 0 Å². The minimum absolute atomic E-state index is 0.291. The number of rotatable bonds is 2. The second-order valence-corrected chi connectivity index (χ2v) is 4.68. The first-order valence-electron chi connectivity index (χ1n) is 6.22. The molecular formula is C15H16FN3. The lowest BCUT2D eigenvalue weighted by atomic mass is 9.99. The number of benzene rings is 1. The summed E-state index contributed by atoms with van der Waals surface area (Å²) in [6.07, 6.45) is 0.651. The van der Waals surface area contributed by atoms with Crippen molar-refractivity contribution in [1.29, 1.82) is 5.26 Å². The number of aryl methyl sites for hydroxylation is 3. The van der Waals surface area contributed by atoms with E-state index in [1.54, 1.807) is 13.1 Å². The van der Waals surface area contributed by atoms with Gasteiger partial charge in [-0.25, -0.2) is 4.39 Å². The quantitative estimate of drug-likeness (QED) is 0.828. The predicted molar refractivity (Wildman–Crippen MR) is 72.2 cm³/mol. The van der Waals surface area contributed by atoms with Gasteiger partial charge in [0.1, 0.15) is 17.6 Å². The first-order valence-corrected chi connectivity index (χ1v) is 6.22. The molecule has 0 radical (unpaired) electrons. The van der Waals surface area contributed by atoms with E-state index in [4.69, 9.17) is 5.26 Å². The standard InChI is InChI=1S/C15H16FN3/c1-5-11-14(8-17)19(4)18-15(11)12-6-9(2)10(3)7-13(12)16/h6-7H,5H2,1-4H3. The van der Waals surface area contributed by atoms with Crippen LogP contribution in [0.1, 0.15) is 29.3 Å². The maximum absolute atomic E-state index is 14.1. The van der Waals surface area contributed by atoms with Crippen LogP contribution in [-0.2, 0) is 13.5 Å². The molecule has 1 aromatic carbocycles. The molecule has 98 valence electrons. The van der Waals surface area contributed by atoms with Crippen LogP contribution in [0.3, 0.4) is 0 Å². The average molecular weight is 257 g/mol. The van der Waals surface area contributed by atoms with Crippen LogP contribution >= 0.6 is 0 Å². The maximum Gasteiger partial charge on any atom is 0.141 e. The molecule has 0 saturated heterocycles. The van der Waals surface area contributed by atoms with Crippen LogP contribution in [-0.4, -0.2) is 9.78 Å². The van der Waals surface area contributed by atoms with Crippen LogP contribution in [0.25, 0.3) is 11.3 Å². The largest absolute Gasteiger partial charge is 0.257 e. The monoisotopic (exact) mass is 257 g/mol. The molecule has 0 aliphatic rings. The summed E-state index contributed by atoms with van der Waals surface area (Å²) in [5.74, 6) is -0.291. The van der Waals surface area contributed by atoms with Crippen LogP contribution in [0.2, 0.25) is 0 Å². The summed E-state index contributed by atoms with van der Waals surface area (Å²) in [5, 5.41) is 13.5. The number of nitriles is 1. The van der Waals surface area contributed by atoms with Crippen molar-refractivity contribution in [3.8, 4) is 17.3 Å². The highest BCUT2D eigenvalue weighted by Crippen LogP contribution is 2.29. The third kappa shape index (κ3) is 2.12. The van der Waals surface area contributed by atoms with Crippen LogP contribution in [0, 0.1) is 31.0 Å². The Bertz CT molecular complexity index is 678. The molecule has 0 aliphatic carbocycles.